The molecule has 4 rings (SSSR count). The normalized spacial score (nSPS) is 17.8. The van der Waals surface area contributed by atoms with Crippen LogP contribution in [0, 0.1) is 12.8 Å². The number of oxazole rings is 1. The summed E-state index contributed by atoms with van der Waals surface area (Å²) in [5, 5.41) is 16.7. The Bertz CT molecular complexity index is 788. The van der Waals surface area contributed by atoms with E-state index in [0.29, 0.717) is 5.92 Å². The van der Waals surface area contributed by atoms with Gasteiger partial charge in [-0.15, -0.1) is 11.3 Å². The first kappa shape index (κ1) is 17.0. The highest BCUT2D eigenvalue weighted by Crippen LogP contribution is 2.33. The highest BCUT2D eigenvalue weighted by Gasteiger charge is 2.27. The van der Waals surface area contributed by atoms with Crippen molar-refractivity contribution in [2.45, 2.75) is 32.4 Å². The van der Waals surface area contributed by atoms with E-state index < -0.39 is 0 Å². The van der Waals surface area contributed by atoms with E-state index in [9.17, 15) is 5.11 Å². The maximum Gasteiger partial charge on any atom is 0.227 e. The van der Waals surface area contributed by atoms with Crippen molar-refractivity contribution in [2.75, 3.05) is 13.1 Å². The first-order valence-electron chi connectivity index (χ1n) is 8.63. The lowest BCUT2D eigenvalue weighted by molar-refractivity contribution is 0.0586. The molecule has 0 unspecified atom stereocenters. The quantitative estimate of drug-likeness (QED) is 0.702. The average molecular weight is 375 g/mol. The highest BCUT2D eigenvalue weighted by atomic mass is 32.1. The fourth-order valence-electron chi connectivity index (χ4n) is 3.41. The fourth-order valence-corrected chi connectivity index (χ4v) is 4.85. The lowest BCUT2D eigenvalue weighted by atomic mass is 9.90. The molecule has 132 valence electrons. The summed E-state index contributed by atoms with van der Waals surface area (Å²) in [7, 11) is 0. The molecule has 1 fully saturated rings. The van der Waals surface area contributed by atoms with Crippen LogP contribution in [-0.2, 0) is 6.54 Å². The Balaban J connectivity index is 1.36. The average Bonchev–Trinajstić information content (AvgIpc) is 3.38. The summed E-state index contributed by atoms with van der Waals surface area (Å²) < 4.78 is 5.84. The van der Waals surface area contributed by atoms with Crippen molar-refractivity contribution in [3.8, 4) is 11.5 Å². The minimum absolute atomic E-state index is 0.318. The van der Waals surface area contributed by atoms with Crippen molar-refractivity contribution >= 4 is 22.7 Å². The van der Waals surface area contributed by atoms with Gasteiger partial charge >= 0.3 is 0 Å². The first-order chi connectivity index (χ1) is 12.2. The SMILES string of the molecule is Cc1oc(-c2ccsc2)nc1CN1CCC([C@@H](O)c2cccs2)CC1. The maximum absolute atomic E-state index is 10.5. The van der Waals surface area contributed by atoms with Gasteiger partial charge in [-0.25, -0.2) is 4.98 Å². The second-order valence-electron chi connectivity index (χ2n) is 6.61. The van der Waals surface area contributed by atoms with Gasteiger partial charge in [-0.2, -0.15) is 11.3 Å². The molecule has 0 bridgehead atoms. The Labute approximate surface area is 155 Å². The number of thiophene rings is 2. The standard InChI is InChI=1S/C19H22N2O2S2/c1-13-16(20-19(23-13)15-6-10-24-12-15)11-21-7-4-14(5-8-21)18(22)17-3-2-9-25-17/h2-3,6,9-10,12,14,18,22H,4-5,7-8,11H2,1H3/t18-/m1/s1. The Hall–Kier alpha value is -1.47. The summed E-state index contributed by atoms with van der Waals surface area (Å²) >= 11 is 3.30. The number of nitrogens with zero attached hydrogens (tertiary/aromatic N) is 2. The molecule has 0 amide bonds. The molecule has 0 aliphatic carbocycles. The molecule has 1 aliphatic rings. The molecule has 25 heavy (non-hydrogen) atoms. The van der Waals surface area contributed by atoms with Gasteiger partial charge in [0.05, 0.1) is 11.8 Å². The van der Waals surface area contributed by atoms with Crippen molar-refractivity contribution < 1.29 is 9.52 Å². The van der Waals surface area contributed by atoms with Crippen molar-refractivity contribution in [3.63, 3.8) is 0 Å². The molecular weight excluding hydrogens is 352 g/mol. The van der Waals surface area contributed by atoms with Gasteiger partial charge in [-0.05, 0) is 61.7 Å². The van der Waals surface area contributed by atoms with Gasteiger partial charge in [-0.3, -0.25) is 4.90 Å². The van der Waals surface area contributed by atoms with Gasteiger partial charge in [-0.1, -0.05) is 6.07 Å². The second kappa shape index (κ2) is 7.41. The van der Waals surface area contributed by atoms with Crippen LogP contribution in [0.3, 0.4) is 0 Å². The molecule has 4 nitrogen and oxygen atoms in total. The summed E-state index contributed by atoms with van der Waals surface area (Å²) in [6.07, 6.45) is 1.72. The van der Waals surface area contributed by atoms with Gasteiger partial charge in [0.25, 0.3) is 0 Å². The van der Waals surface area contributed by atoms with Gasteiger partial charge in [0, 0.05) is 22.4 Å². The van der Waals surface area contributed by atoms with Crippen LogP contribution < -0.4 is 0 Å². The molecule has 6 heteroatoms. The molecule has 1 aliphatic heterocycles. The van der Waals surface area contributed by atoms with Crippen molar-refractivity contribution in [3.05, 3.63) is 50.7 Å². The summed E-state index contributed by atoms with van der Waals surface area (Å²) in [4.78, 5) is 8.20. The van der Waals surface area contributed by atoms with E-state index >= 15 is 0 Å². The molecule has 0 spiro atoms. The van der Waals surface area contributed by atoms with Gasteiger partial charge in [0.15, 0.2) is 0 Å². The van der Waals surface area contributed by atoms with Gasteiger partial charge in [0.1, 0.15) is 5.76 Å². The Morgan fingerprint density at radius 1 is 1.32 bits per heavy atom. The zero-order valence-corrected chi connectivity index (χ0v) is 15.9. The minimum Gasteiger partial charge on any atom is -0.441 e. The number of aromatic nitrogens is 1. The number of rotatable bonds is 5. The van der Waals surface area contributed by atoms with Gasteiger partial charge in [0.2, 0.25) is 5.89 Å². The predicted molar refractivity (Wildman–Crippen MR) is 102 cm³/mol. The molecule has 1 atom stereocenters. The second-order valence-corrected chi connectivity index (χ2v) is 8.37. The lowest BCUT2D eigenvalue weighted by Gasteiger charge is -2.33. The fraction of sp³-hybridized carbons (Fsp3) is 0.421. The number of likely N-dealkylation sites (tertiary alicyclic amines) is 1. The topological polar surface area (TPSA) is 49.5 Å². The van der Waals surface area contributed by atoms with E-state index in [4.69, 9.17) is 9.40 Å². The first-order valence-corrected chi connectivity index (χ1v) is 10.5. The number of aliphatic hydroxyl groups is 1. The molecule has 3 aromatic rings. The van der Waals surface area contributed by atoms with E-state index in [1.807, 2.05) is 35.9 Å². The minimum atomic E-state index is -0.318. The van der Waals surface area contributed by atoms with Crippen LogP contribution in [0.4, 0.5) is 0 Å². The van der Waals surface area contributed by atoms with Crippen LogP contribution in [0.1, 0.15) is 35.3 Å². The third-order valence-electron chi connectivity index (χ3n) is 4.95. The zero-order chi connectivity index (χ0) is 17.2. The number of hydrogen-bond donors (Lipinski definition) is 1. The molecule has 1 N–H and O–H groups in total. The van der Waals surface area contributed by atoms with Gasteiger partial charge < -0.3 is 9.52 Å². The predicted octanol–water partition coefficient (Wildman–Crippen LogP) is 4.72. The summed E-state index contributed by atoms with van der Waals surface area (Å²) in [6.45, 7) is 4.80. The Morgan fingerprint density at radius 3 is 2.84 bits per heavy atom. The summed E-state index contributed by atoms with van der Waals surface area (Å²) in [6, 6.07) is 6.08. The van der Waals surface area contributed by atoms with E-state index in [-0.39, 0.29) is 6.10 Å². The van der Waals surface area contributed by atoms with Crippen molar-refractivity contribution in [2.24, 2.45) is 5.92 Å². The van der Waals surface area contributed by atoms with Crippen LogP contribution in [0.2, 0.25) is 0 Å². The van der Waals surface area contributed by atoms with Crippen LogP contribution in [0.5, 0.6) is 0 Å². The lowest BCUT2D eigenvalue weighted by Crippen LogP contribution is -2.35. The van der Waals surface area contributed by atoms with E-state index in [1.54, 1.807) is 22.7 Å². The number of aliphatic hydroxyl groups excluding tert-OH is 1. The van der Waals surface area contributed by atoms with Crippen molar-refractivity contribution in [1.82, 2.24) is 9.88 Å². The van der Waals surface area contributed by atoms with E-state index in [2.05, 4.69) is 10.3 Å². The van der Waals surface area contributed by atoms with Crippen LogP contribution >= 0.6 is 22.7 Å². The summed E-state index contributed by atoms with van der Waals surface area (Å²) in [5.74, 6) is 1.98. The monoisotopic (exact) mass is 374 g/mol. The Morgan fingerprint density at radius 2 is 2.16 bits per heavy atom. The molecule has 0 saturated carbocycles. The third-order valence-corrected chi connectivity index (χ3v) is 6.57. The summed E-state index contributed by atoms with van der Waals surface area (Å²) in [5.41, 5.74) is 2.08. The van der Waals surface area contributed by atoms with Crippen LogP contribution in [0.15, 0.2) is 38.8 Å². The molecular formula is C19H22N2O2S2. The highest BCUT2D eigenvalue weighted by molar-refractivity contribution is 7.10. The van der Waals surface area contributed by atoms with E-state index in [1.165, 1.54) is 0 Å². The van der Waals surface area contributed by atoms with Crippen LogP contribution in [0.25, 0.3) is 11.5 Å². The largest absolute Gasteiger partial charge is 0.441 e. The smallest absolute Gasteiger partial charge is 0.227 e. The number of hydrogen-bond acceptors (Lipinski definition) is 6. The van der Waals surface area contributed by atoms with E-state index in [0.717, 1.165) is 60.3 Å². The maximum atomic E-state index is 10.5. The zero-order valence-electron chi connectivity index (χ0n) is 14.2. The van der Waals surface area contributed by atoms with Crippen LogP contribution in [-0.4, -0.2) is 28.1 Å². The number of aryl methyl sites for hydroxylation is 1. The molecule has 4 heterocycles. The van der Waals surface area contributed by atoms with Crippen molar-refractivity contribution in [1.29, 1.82) is 0 Å². The molecule has 0 aromatic carbocycles. The molecule has 3 aromatic heterocycles. The Kier molecular flexibility index (Phi) is 5.03. The molecule has 1 saturated heterocycles. The third kappa shape index (κ3) is 3.72. The number of piperidine rings is 1. The molecule has 0 radical (unpaired) electrons.